The number of hydrogen-bond acceptors (Lipinski definition) is 3. The summed E-state index contributed by atoms with van der Waals surface area (Å²) in [5, 5.41) is 2.91. The first-order valence-electron chi connectivity index (χ1n) is 7.88. The van der Waals surface area contributed by atoms with E-state index >= 15 is 0 Å². The lowest BCUT2D eigenvalue weighted by atomic mass is 10.1. The maximum Gasteiger partial charge on any atom is 0.251 e. The first-order valence-corrected chi connectivity index (χ1v) is 7.88. The molecule has 4 nitrogen and oxygen atoms in total. The third-order valence-corrected chi connectivity index (χ3v) is 3.88. The van der Waals surface area contributed by atoms with Crippen molar-refractivity contribution in [1.29, 1.82) is 0 Å². The highest BCUT2D eigenvalue weighted by Gasteiger charge is 2.11. The fourth-order valence-corrected chi connectivity index (χ4v) is 2.66. The van der Waals surface area contributed by atoms with Crippen LogP contribution in [0.1, 0.15) is 41.6 Å². The number of likely N-dealkylation sites (tertiary alicyclic amines) is 1. The van der Waals surface area contributed by atoms with E-state index in [0.717, 1.165) is 18.5 Å². The zero-order valence-corrected chi connectivity index (χ0v) is 12.9. The van der Waals surface area contributed by atoms with Gasteiger partial charge in [-0.05, 0) is 50.0 Å². The summed E-state index contributed by atoms with van der Waals surface area (Å²) in [7, 11) is 1.67. The molecule has 0 atom stereocenters. The van der Waals surface area contributed by atoms with Crippen LogP contribution in [0.2, 0.25) is 0 Å². The van der Waals surface area contributed by atoms with Crippen molar-refractivity contribution >= 4 is 5.91 Å². The second kappa shape index (κ2) is 8.80. The maximum atomic E-state index is 11.9. The van der Waals surface area contributed by atoms with Crippen molar-refractivity contribution < 1.29 is 9.53 Å². The Labute approximate surface area is 127 Å². The molecule has 0 aliphatic carbocycles. The number of hydrogen-bond donors (Lipinski definition) is 1. The van der Waals surface area contributed by atoms with Gasteiger partial charge in [0.15, 0.2) is 0 Å². The third kappa shape index (κ3) is 5.48. The van der Waals surface area contributed by atoms with Crippen LogP contribution in [0.25, 0.3) is 0 Å². The zero-order chi connectivity index (χ0) is 14.9. The van der Waals surface area contributed by atoms with E-state index in [1.165, 1.54) is 37.9 Å². The van der Waals surface area contributed by atoms with Crippen molar-refractivity contribution in [3.05, 3.63) is 35.4 Å². The molecule has 1 aliphatic heterocycles. The lowest BCUT2D eigenvalue weighted by Gasteiger charge is -2.26. The van der Waals surface area contributed by atoms with Crippen LogP contribution in [0.15, 0.2) is 24.3 Å². The van der Waals surface area contributed by atoms with Gasteiger partial charge in [0.2, 0.25) is 0 Å². The maximum absolute atomic E-state index is 11.9. The van der Waals surface area contributed by atoms with Gasteiger partial charge in [-0.3, -0.25) is 9.69 Å². The smallest absolute Gasteiger partial charge is 0.251 e. The Bertz CT molecular complexity index is 425. The van der Waals surface area contributed by atoms with E-state index in [0.29, 0.717) is 13.2 Å². The zero-order valence-electron chi connectivity index (χ0n) is 12.9. The summed E-state index contributed by atoms with van der Waals surface area (Å²) in [6.07, 6.45) is 4.82. The Balaban J connectivity index is 1.79. The largest absolute Gasteiger partial charge is 0.385 e. The molecule has 0 spiro atoms. The average molecular weight is 290 g/mol. The minimum absolute atomic E-state index is 0.00405. The molecule has 1 heterocycles. The van der Waals surface area contributed by atoms with E-state index in [-0.39, 0.29) is 5.91 Å². The van der Waals surface area contributed by atoms with Crippen LogP contribution in [0.3, 0.4) is 0 Å². The number of carbonyl (C=O) groups excluding carboxylic acids is 1. The van der Waals surface area contributed by atoms with Gasteiger partial charge >= 0.3 is 0 Å². The minimum atomic E-state index is -0.00405. The number of benzene rings is 1. The molecule has 0 radical (unpaired) electrons. The molecular formula is C17H26N2O2. The Hall–Kier alpha value is -1.39. The Kier molecular flexibility index (Phi) is 6.70. The molecule has 0 aromatic heterocycles. The Morgan fingerprint density at radius 1 is 1.19 bits per heavy atom. The summed E-state index contributed by atoms with van der Waals surface area (Å²) in [4.78, 5) is 14.4. The van der Waals surface area contributed by atoms with E-state index in [1.807, 2.05) is 12.1 Å². The van der Waals surface area contributed by atoms with E-state index in [1.54, 1.807) is 7.11 Å². The molecule has 1 aliphatic rings. The highest BCUT2D eigenvalue weighted by atomic mass is 16.5. The van der Waals surface area contributed by atoms with E-state index in [2.05, 4.69) is 22.3 Å². The van der Waals surface area contributed by atoms with Crippen molar-refractivity contribution in [2.75, 3.05) is 33.4 Å². The summed E-state index contributed by atoms with van der Waals surface area (Å²) < 4.78 is 4.96. The van der Waals surface area contributed by atoms with E-state index < -0.39 is 0 Å². The number of carbonyl (C=O) groups is 1. The number of ether oxygens (including phenoxy) is 1. The lowest BCUT2D eigenvalue weighted by Crippen LogP contribution is -2.29. The second-order valence-corrected chi connectivity index (χ2v) is 5.64. The molecule has 1 fully saturated rings. The predicted octanol–water partition coefficient (Wildman–Crippen LogP) is 2.44. The van der Waals surface area contributed by atoms with Crippen LogP contribution < -0.4 is 5.32 Å². The van der Waals surface area contributed by atoms with Crippen LogP contribution >= 0.6 is 0 Å². The van der Waals surface area contributed by atoms with Gasteiger partial charge in [-0.2, -0.15) is 0 Å². The summed E-state index contributed by atoms with van der Waals surface area (Å²) >= 11 is 0. The molecule has 21 heavy (non-hydrogen) atoms. The van der Waals surface area contributed by atoms with E-state index in [9.17, 15) is 4.79 Å². The molecule has 0 unspecified atom stereocenters. The van der Waals surface area contributed by atoms with Gasteiger partial charge in [0, 0.05) is 32.4 Å². The Morgan fingerprint density at radius 3 is 2.57 bits per heavy atom. The number of nitrogens with zero attached hydrogens (tertiary/aromatic N) is 1. The standard InChI is InChI=1S/C17H26N2O2/c1-21-13-5-10-18-17(20)16-8-6-15(7-9-16)14-19-11-3-2-4-12-19/h6-9H,2-5,10-14H2,1H3,(H,18,20). The first kappa shape index (κ1) is 16.0. The fourth-order valence-electron chi connectivity index (χ4n) is 2.66. The van der Waals surface area contributed by atoms with Gasteiger partial charge in [0.25, 0.3) is 5.91 Å². The quantitative estimate of drug-likeness (QED) is 0.784. The topological polar surface area (TPSA) is 41.6 Å². The summed E-state index contributed by atoms with van der Waals surface area (Å²) in [6, 6.07) is 7.98. The lowest BCUT2D eigenvalue weighted by molar-refractivity contribution is 0.0948. The molecular weight excluding hydrogens is 264 g/mol. The van der Waals surface area contributed by atoms with Crippen molar-refractivity contribution in [3.63, 3.8) is 0 Å². The molecule has 1 saturated heterocycles. The first-order chi connectivity index (χ1) is 10.3. The molecule has 1 amide bonds. The van der Waals surface area contributed by atoms with Crippen LogP contribution in [0.5, 0.6) is 0 Å². The van der Waals surface area contributed by atoms with Gasteiger partial charge in [0.1, 0.15) is 0 Å². The highest BCUT2D eigenvalue weighted by molar-refractivity contribution is 5.94. The van der Waals surface area contributed by atoms with Gasteiger partial charge in [-0.25, -0.2) is 0 Å². The summed E-state index contributed by atoms with van der Waals surface area (Å²) in [5.74, 6) is -0.00405. The van der Waals surface area contributed by atoms with Gasteiger partial charge in [-0.15, -0.1) is 0 Å². The van der Waals surface area contributed by atoms with Crippen molar-refractivity contribution in [1.82, 2.24) is 10.2 Å². The Morgan fingerprint density at radius 2 is 1.90 bits per heavy atom. The molecule has 4 heteroatoms. The minimum Gasteiger partial charge on any atom is -0.385 e. The monoisotopic (exact) mass is 290 g/mol. The fraction of sp³-hybridized carbons (Fsp3) is 0.588. The molecule has 0 saturated carbocycles. The van der Waals surface area contributed by atoms with Crippen molar-refractivity contribution in [3.8, 4) is 0 Å². The molecule has 1 N–H and O–H groups in total. The molecule has 0 bridgehead atoms. The average Bonchev–Trinajstić information content (AvgIpc) is 2.53. The number of rotatable bonds is 7. The van der Waals surface area contributed by atoms with E-state index in [4.69, 9.17) is 4.74 Å². The van der Waals surface area contributed by atoms with Crippen molar-refractivity contribution in [2.45, 2.75) is 32.2 Å². The van der Waals surface area contributed by atoms with Gasteiger partial charge in [0.05, 0.1) is 0 Å². The molecule has 1 aromatic rings. The number of piperidine rings is 1. The number of nitrogens with one attached hydrogen (secondary N) is 1. The number of methoxy groups -OCH3 is 1. The molecule has 1 aromatic carbocycles. The van der Waals surface area contributed by atoms with Crippen LogP contribution in [0.4, 0.5) is 0 Å². The van der Waals surface area contributed by atoms with Crippen LogP contribution in [-0.4, -0.2) is 44.2 Å². The van der Waals surface area contributed by atoms with Gasteiger partial charge in [-0.1, -0.05) is 18.6 Å². The third-order valence-electron chi connectivity index (χ3n) is 3.88. The normalized spacial score (nSPS) is 15.9. The van der Waals surface area contributed by atoms with Crippen molar-refractivity contribution in [2.24, 2.45) is 0 Å². The second-order valence-electron chi connectivity index (χ2n) is 5.64. The van der Waals surface area contributed by atoms with Crippen LogP contribution in [-0.2, 0) is 11.3 Å². The summed E-state index contributed by atoms with van der Waals surface area (Å²) in [6.45, 7) is 4.72. The van der Waals surface area contributed by atoms with Gasteiger partial charge < -0.3 is 10.1 Å². The SMILES string of the molecule is COCCCNC(=O)c1ccc(CN2CCCCC2)cc1. The highest BCUT2D eigenvalue weighted by Crippen LogP contribution is 2.13. The predicted molar refractivity (Wildman–Crippen MR) is 84.4 cm³/mol. The van der Waals surface area contributed by atoms with Crippen LogP contribution in [0, 0.1) is 0 Å². The number of amides is 1. The molecule has 2 rings (SSSR count). The summed E-state index contributed by atoms with van der Waals surface area (Å²) in [5.41, 5.74) is 2.02. The molecule has 116 valence electrons.